The van der Waals surface area contributed by atoms with Gasteiger partial charge in [0.2, 0.25) is 5.88 Å². The van der Waals surface area contributed by atoms with E-state index in [0.29, 0.717) is 22.2 Å². The van der Waals surface area contributed by atoms with Gasteiger partial charge in [0.1, 0.15) is 0 Å². The van der Waals surface area contributed by atoms with Gasteiger partial charge in [0.05, 0.1) is 11.1 Å². The molecule has 0 aliphatic rings. The maximum absolute atomic E-state index is 11.9. The number of aryl methyl sites for hydroxylation is 1. The highest BCUT2D eigenvalue weighted by Gasteiger charge is 2.13. The van der Waals surface area contributed by atoms with E-state index in [9.17, 15) is 4.79 Å². The zero-order valence-electron chi connectivity index (χ0n) is 10.0. The molecule has 0 unspecified atom stereocenters. The van der Waals surface area contributed by atoms with Gasteiger partial charge in [-0.2, -0.15) is 0 Å². The molecule has 0 bridgehead atoms. The number of nitrogens with zero attached hydrogens (tertiary/aromatic N) is 1. The Morgan fingerprint density at radius 1 is 1.37 bits per heavy atom. The predicted octanol–water partition coefficient (Wildman–Crippen LogP) is 3.56. The van der Waals surface area contributed by atoms with Crippen molar-refractivity contribution in [3.63, 3.8) is 0 Å². The summed E-state index contributed by atoms with van der Waals surface area (Å²) in [5.74, 6) is 0.680. The molecule has 3 aromatic heterocycles. The number of aromatic nitrogens is 1. The lowest BCUT2D eigenvalue weighted by Gasteiger charge is -1.96. The third kappa shape index (κ3) is 2.43. The molecule has 6 heteroatoms. The lowest BCUT2D eigenvalue weighted by Crippen LogP contribution is -2.09. The van der Waals surface area contributed by atoms with E-state index < -0.39 is 0 Å². The first-order chi connectivity index (χ1) is 9.22. The maximum Gasteiger partial charge on any atom is 0.268 e. The van der Waals surface area contributed by atoms with Crippen LogP contribution in [0.4, 0.5) is 5.88 Å². The highest BCUT2D eigenvalue weighted by atomic mass is 32.1. The lowest BCUT2D eigenvalue weighted by atomic mass is 10.3. The van der Waals surface area contributed by atoms with Crippen molar-refractivity contribution in [3.8, 4) is 11.5 Å². The van der Waals surface area contributed by atoms with Gasteiger partial charge in [0.15, 0.2) is 11.5 Å². The zero-order chi connectivity index (χ0) is 13.2. The Morgan fingerprint density at radius 3 is 2.95 bits per heavy atom. The molecule has 0 radical (unpaired) electrons. The van der Waals surface area contributed by atoms with Crippen LogP contribution in [0.5, 0.6) is 0 Å². The SMILES string of the molecule is Cc1ccc(C(=O)Nc2cc(-c3ccco3)no2)s1. The number of rotatable bonds is 3. The Morgan fingerprint density at radius 2 is 2.26 bits per heavy atom. The molecule has 5 nitrogen and oxygen atoms in total. The highest BCUT2D eigenvalue weighted by Crippen LogP contribution is 2.23. The molecule has 96 valence electrons. The number of anilines is 1. The summed E-state index contributed by atoms with van der Waals surface area (Å²) in [6.45, 7) is 1.95. The van der Waals surface area contributed by atoms with Crippen LogP contribution < -0.4 is 5.32 Å². The first-order valence-corrected chi connectivity index (χ1v) is 6.42. The summed E-state index contributed by atoms with van der Waals surface area (Å²) in [5, 5.41) is 6.49. The molecule has 0 aromatic carbocycles. The molecule has 3 heterocycles. The quantitative estimate of drug-likeness (QED) is 0.793. The fraction of sp³-hybridized carbons (Fsp3) is 0.0769. The van der Waals surface area contributed by atoms with Crippen molar-refractivity contribution in [2.75, 3.05) is 5.32 Å². The van der Waals surface area contributed by atoms with Crippen LogP contribution in [0.1, 0.15) is 14.5 Å². The molecule has 1 amide bonds. The third-order valence-electron chi connectivity index (χ3n) is 2.48. The number of nitrogens with one attached hydrogen (secondary N) is 1. The van der Waals surface area contributed by atoms with Crippen molar-refractivity contribution in [2.45, 2.75) is 6.92 Å². The van der Waals surface area contributed by atoms with Crippen molar-refractivity contribution in [1.29, 1.82) is 0 Å². The summed E-state index contributed by atoms with van der Waals surface area (Å²) in [6.07, 6.45) is 1.55. The number of hydrogen-bond acceptors (Lipinski definition) is 5. The van der Waals surface area contributed by atoms with E-state index in [0.717, 1.165) is 4.88 Å². The van der Waals surface area contributed by atoms with Crippen molar-refractivity contribution < 1.29 is 13.7 Å². The maximum atomic E-state index is 11.9. The van der Waals surface area contributed by atoms with E-state index >= 15 is 0 Å². The number of carbonyl (C=O) groups excluding carboxylic acids is 1. The van der Waals surface area contributed by atoms with E-state index in [2.05, 4.69) is 10.5 Å². The predicted molar refractivity (Wildman–Crippen MR) is 71.2 cm³/mol. The Balaban J connectivity index is 1.76. The van der Waals surface area contributed by atoms with E-state index in [1.807, 2.05) is 13.0 Å². The molecule has 0 fully saturated rings. The number of amides is 1. The molecule has 0 saturated carbocycles. The molecule has 0 aliphatic heterocycles. The number of carbonyl (C=O) groups is 1. The highest BCUT2D eigenvalue weighted by molar-refractivity contribution is 7.14. The Hall–Kier alpha value is -2.34. The molecule has 0 spiro atoms. The topological polar surface area (TPSA) is 68.3 Å². The monoisotopic (exact) mass is 274 g/mol. The molecule has 0 saturated heterocycles. The summed E-state index contributed by atoms with van der Waals surface area (Å²) in [4.78, 5) is 13.6. The fourth-order valence-electron chi connectivity index (χ4n) is 1.60. The fourth-order valence-corrected chi connectivity index (χ4v) is 2.37. The van der Waals surface area contributed by atoms with Gasteiger partial charge in [0.25, 0.3) is 5.91 Å². The summed E-state index contributed by atoms with van der Waals surface area (Å²) in [7, 11) is 0. The van der Waals surface area contributed by atoms with E-state index in [-0.39, 0.29) is 5.91 Å². The van der Waals surface area contributed by atoms with Gasteiger partial charge in [-0.15, -0.1) is 11.3 Å². The molecule has 19 heavy (non-hydrogen) atoms. The zero-order valence-corrected chi connectivity index (χ0v) is 10.9. The van der Waals surface area contributed by atoms with Crippen molar-refractivity contribution in [2.24, 2.45) is 0 Å². The van der Waals surface area contributed by atoms with Crippen molar-refractivity contribution in [3.05, 3.63) is 46.3 Å². The standard InChI is InChI=1S/C13H10N2O3S/c1-8-4-5-11(19-8)13(16)14-12-7-9(15-18-12)10-3-2-6-17-10/h2-7H,1H3,(H,14,16). The second-order valence-electron chi connectivity index (χ2n) is 3.92. The largest absolute Gasteiger partial charge is 0.463 e. The van der Waals surface area contributed by atoms with Crippen LogP contribution in [0.3, 0.4) is 0 Å². The summed E-state index contributed by atoms with van der Waals surface area (Å²) in [5.41, 5.74) is 0.544. The van der Waals surface area contributed by atoms with Crippen LogP contribution in [0, 0.1) is 6.92 Å². The van der Waals surface area contributed by atoms with Gasteiger partial charge in [-0.1, -0.05) is 5.16 Å². The first-order valence-electron chi connectivity index (χ1n) is 5.61. The van der Waals surface area contributed by atoms with Crippen LogP contribution in [-0.4, -0.2) is 11.1 Å². The average Bonchev–Trinajstić information content (AvgIpc) is 3.07. The number of hydrogen-bond donors (Lipinski definition) is 1. The van der Waals surface area contributed by atoms with E-state index in [1.165, 1.54) is 11.3 Å². The lowest BCUT2D eigenvalue weighted by molar-refractivity contribution is 0.102. The van der Waals surface area contributed by atoms with Crippen LogP contribution in [-0.2, 0) is 0 Å². The summed E-state index contributed by atoms with van der Waals surface area (Å²) in [6, 6.07) is 8.83. The van der Waals surface area contributed by atoms with Gasteiger partial charge < -0.3 is 8.94 Å². The van der Waals surface area contributed by atoms with Gasteiger partial charge in [-0.3, -0.25) is 10.1 Å². The van der Waals surface area contributed by atoms with Gasteiger partial charge in [0, 0.05) is 10.9 Å². The van der Waals surface area contributed by atoms with E-state index in [4.69, 9.17) is 8.94 Å². The first kappa shape index (κ1) is 11.7. The van der Waals surface area contributed by atoms with Crippen molar-refractivity contribution >= 4 is 23.1 Å². The number of thiophene rings is 1. The molecule has 0 aliphatic carbocycles. The Bertz CT molecular complexity index is 697. The van der Waals surface area contributed by atoms with Crippen LogP contribution in [0.2, 0.25) is 0 Å². The molecule has 3 aromatic rings. The number of furan rings is 1. The third-order valence-corrected chi connectivity index (χ3v) is 3.48. The van der Waals surface area contributed by atoms with Crippen molar-refractivity contribution in [1.82, 2.24) is 5.16 Å². The van der Waals surface area contributed by atoms with Gasteiger partial charge >= 0.3 is 0 Å². The minimum absolute atomic E-state index is 0.208. The summed E-state index contributed by atoms with van der Waals surface area (Å²) < 4.78 is 10.2. The van der Waals surface area contributed by atoms with Gasteiger partial charge in [-0.25, -0.2) is 0 Å². The average molecular weight is 274 g/mol. The summed E-state index contributed by atoms with van der Waals surface area (Å²) >= 11 is 1.43. The second-order valence-corrected chi connectivity index (χ2v) is 5.21. The van der Waals surface area contributed by atoms with Crippen LogP contribution >= 0.6 is 11.3 Å². The molecular weight excluding hydrogens is 264 g/mol. The Kier molecular flexibility index (Phi) is 2.92. The molecule has 1 N–H and O–H groups in total. The van der Waals surface area contributed by atoms with Crippen LogP contribution in [0.25, 0.3) is 11.5 Å². The molecular formula is C13H10N2O3S. The second kappa shape index (κ2) is 4.74. The van der Waals surface area contributed by atoms with Gasteiger partial charge in [-0.05, 0) is 31.2 Å². The molecule has 3 rings (SSSR count). The Labute approximate surface area is 112 Å². The minimum Gasteiger partial charge on any atom is -0.463 e. The minimum atomic E-state index is -0.208. The van der Waals surface area contributed by atoms with E-state index in [1.54, 1.807) is 30.5 Å². The normalized spacial score (nSPS) is 10.6. The smallest absolute Gasteiger partial charge is 0.268 e. The molecule has 0 atom stereocenters. The van der Waals surface area contributed by atoms with Crippen LogP contribution in [0.15, 0.2) is 45.5 Å².